The molecule has 0 aromatic carbocycles. The van der Waals surface area contributed by atoms with Gasteiger partial charge in [-0.15, -0.1) is 0 Å². The number of unbranched alkanes of at least 4 members (excludes halogenated alkanes) is 23. The van der Waals surface area contributed by atoms with Crippen LogP contribution in [-0.4, -0.2) is 142 Å². The molecule has 11 unspecified atom stereocenters. The SMILES string of the molecule is CCCCCCC/C=C\C/C=C\CCCCCCCCCCCCCCCC(=O)OC(COCCCCCCCC)COC1OC(COC2OC(CO)C(O)C(O)C2O)C(O)C(O)C1O. The molecule has 11 atom stereocenters. The summed E-state index contributed by atoms with van der Waals surface area (Å²) in [5.41, 5.74) is 0. The first-order valence-corrected chi connectivity index (χ1v) is 25.9. The van der Waals surface area contributed by atoms with Crippen LogP contribution < -0.4 is 0 Å². The molecule has 0 saturated carbocycles. The Kier molecular flexibility index (Phi) is 36.1. The first kappa shape index (κ1) is 59.6. The first-order chi connectivity index (χ1) is 31.6. The van der Waals surface area contributed by atoms with E-state index in [1.165, 1.54) is 122 Å². The second-order valence-corrected chi connectivity index (χ2v) is 18.3. The largest absolute Gasteiger partial charge is 0.457 e. The number of carbonyl (C=O) groups excluding carboxylic acids is 1. The molecule has 2 aliphatic heterocycles. The molecular weight excluding hydrogens is 837 g/mol. The molecule has 2 heterocycles. The minimum atomic E-state index is -1.70. The van der Waals surface area contributed by atoms with Gasteiger partial charge in [-0.05, 0) is 44.9 Å². The van der Waals surface area contributed by atoms with E-state index in [1.54, 1.807) is 0 Å². The van der Waals surface area contributed by atoms with Gasteiger partial charge in [0.2, 0.25) is 0 Å². The van der Waals surface area contributed by atoms with E-state index in [0.717, 1.165) is 44.9 Å². The van der Waals surface area contributed by atoms with Crippen molar-refractivity contribution in [2.45, 2.75) is 261 Å². The highest BCUT2D eigenvalue weighted by atomic mass is 16.7. The van der Waals surface area contributed by atoms with Gasteiger partial charge in [-0.2, -0.15) is 0 Å². The fraction of sp³-hybridized carbons (Fsp3) is 0.902. The van der Waals surface area contributed by atoms with Crippen molar-refractivity contribution in [3.63, 3.8) is 0 Å². The molecule has 65 heavy (non-hydrogen) atoms. The third-order valence-corrected chi connectivity index (χ3v) is 12.5. The molecule has 382 valence electrons. The van der Waals surface area contributed by atoms with Crippen LogP contribution in [0.4, 0.5) is 0 Å². The third-order valence-electron chi connectivity index (χ3n) is 12.5. The van der Waals surface area contributed by atoms with E-state index in [4.69, 9.17) is 28.4 Å². The molecular formula is C51H94O14. The van der Waals surface area contributed by atoms with Crippen LogP contribution in [0.5, 0.6) is 0 Å². The van der Waals surface area contributed by atoms with Crippen molar-refractivity contribution in [1.82, 2.24) is 0 Å². The first-order valence-electron chi connectivity index (χ1n) is 25.9. The van der Waals surface area contributed by atoms with E-state index >= 15 is 0 Å². The smallest absolute Gasteiger partial charge is 0.306 e. The maximum Gasteiger partial charge on any atom is 0.306 e. The summed E-state index contributed by atoms with van der Waals surface area (Å²) < 4.78 is 34.1. The van der Waals surface area contributed by atoms with E-state index in [2.05, 4.69) is 38.2 Å². The van der Waals surface area contributed by atoms with Crippen LogP contribution in [0.3, 0.4) is 0 Å². The number of esters is 1. The summed E-state index contributed by atoms with van der Waals surface area (Å²) in [6, 6.07) is 0. The summed E-state index contributed by atoms with van der Waals surface area (Å²) in [6.07, 6.45) is 25.7. The lowest BCUT2D eigenvalue weighted by atomic mass is 9.98. The molecule has 0 spiro atoms. The molecule has 14 heteroatoms. The average Bonchev–Trinajstić information content (AvgIpc) is 3.30. The molecule has 2 fully saturated rings. The second-order valence-electron chi connectivity index (χ2n) is 18.3. The Bertz CT molecular complexity index is 1170. The minimum Gasteiger partial charge on any atom is -0.457 e. The minimum absolute atomic E-state index is 0.0631. The van der Waals surface area contributed by atoms with Crippen LogP contribution in [-0.2, 0) is 33.2 Å². The summed E-state index contributed by atoms with van der Waals surface area (Å²) in [5, 5.41) is 71.9. The van der Waals surface area contributed by atoms with Gasteiger partial charge in [0.25, 0.3) is 0 Å². The highest BCUT2D eigenvalue weighted by molar-refractivity contribution is 5.69. The maximum absolute atomic E-state index is 12.9. The number of carbonyl (C=O) groups is 1. The summed E-state index contributed by atoms with van der Waals surface area (Å²) in [7, 11) is 0. The zero-order valence-electron chi connectivity index (χ0n) is 40.5. The van der Waals surface area contributed by atoms with Crippen LogP contribution in [0.25, 0.3) is 0 Å². The predicted octanol–water partition coefficient (Wildman–Crippen LogP) is 7.63. The number of aliphatic hydroxyl groups is 7. The van der Waals surface area contributed by atoms with Crippen LogP contribution in [0.1, 0.15) is 194 Å². The molecule has 0 aromatic rings. The van der Waals surface area contributed by atoms with E-state index in [9.17, 15) is 40.5 Å². The predicted molar refractivity (Wildman–Crippen MR) is 252 cm³/mol. The van der Waals surface area contributed by atoms with Crippen LogP contribution >= 0.6 is 0 Å². The summed E-state index contributed by atoms with van der Waals surface area (Å²) in [4.78, 5) is 12.9. The van der Waals surface area contributed by atoms with Crippen molar-refractivity contribution in [3.8, 4) is 0 Å². The molecule has 2 aliphatic rings. The molecule has 0 aromatic heterocycles. The van der Waals surface area contributed by atoms with Gasteiger partial charge >= 0.3 is 5.97 Å². The van der Waals surface area contributed by atoms with Crippen molar-refractivity contribution < 1.29 is 69.0 Å². The van der Waals surface area contributed by atoms with Gasteiger partial charge in [0.15, 0.2) is 12.6 Å². The number of ether oxygens (including phenoxy) is 6. The summed E-state index contributed by atoms with van der Waals surface area (Å²) >= 11 is 0. The molecule has 7 N–H and O–H groups in total. The number of hydrogen-bond donors (Lipinski definition) is 7. The van der Waals surface area contributed by atoms with E-state index in [-0.39, 0.29) is 25.6 Å². The molecule has 0 aliphatic carbocycles. The zero-order chi connectivity index (χ0) is 47.3. The van der Waals surface area contributed by atoms with Crippen molar-refractivity contribution in [2.24, 2.45) is 0 Å². The lowest BCUT2D eigenvalue weighted by molar-refractivity contribution is -0.332. The van der Waals surface area contributed by atoms with Crippen molar-refractivity contribution in [2.75, 3.05) is 33.0 Å². The van der Waals surface area contributed by atoms with Crippen LogP contribution in [0, 0.1) is 0 Å². The highest BCUT2D eigenvalue weighted by Crippen LogP contribution is 2.26. The maximum atomic E-state index is 12.9. The lowest BCUT2D eigenvalue weighted by Crippen LogP contribution is -2.61. The molecule has 14 nitrogen and oxygen atoms in total. The number of rotatable bonds is 41. The van der Waals surface area contributed by atoms with Crippen molar-refractivity contribution in [1.29, 1.82) is 0 Å². The van der Waals surface area contributed by atoms with Crippen molar-refractivity contribution >= 4 is 5.97 Å². The van der Waals surface area contributed by atoms with Gasteiger partial charge in [0.1, 0.15) is 54.9 Å². The highest BCUT2D eigenvalue weighted by Gasteiger charge is 2.47. The molecule has 0 radical (unpaired) electrons. The molecule has 2 saturated heterocycles. The van der Waals surface area contributed by atoms with E-state index in [0.29, 0.717) is 13.0 Å². The van der Waals surface area contributed by atoms with Gasteiger partial charge < -0.3 is 64.2 Å². The number of hydrogen-bond acceptors (Lipinski definition) is 14. The molecule has 0 amide bonds. The molecule has 0 bridgehead atoms. The quantitative estimate of drug-likeness (QED) is 0.0179. The van der Waals surface area contributed by atoms with Crippen molar-refractivity contribution in [3.05, 3.63) is 24.3 Å². The Labute approximate surface area is 392 Å². The van der Waals surface area contributed by atoms with Crippen LogP contribution in [0.15, 0.2) is 24.3 Å². The van der Waals surface area contributed by atoms with Crippen LogP contribution in [0.2, 0.25) is 0 Å². The Morgan fingerprint density at radius 3 is 1.48 bits per heavy atom. The molecule has 2 rings (SSSR count). The Balaban J connectivity index is 1.63. The summed E-state index contributed by atoms with van der Waals surface area (Å²) in [6.45, 7) is 3.63. The Hall–Kier alpha value is -1.53. The third kappa shape index (κ3) is 27.3. The van der Waals surface area contributed by atoms with E-state index < -0.39 is 80.7 Å². The fourth-order valence-electron chi connectivity index (χ4n) is 8.20. The van der Waals surface area contributed by atoms with E-state index in [1.807, 2.05) is 0 Å². The second kappa shape index (κ2) is 39.3. The van der Waals surface area contributed by atoms with Gasteiger partial charge in [-0.25, -0.2) is 0 Å². The summed E-state index contributed by atoms with van der Waals surface area (Å²) in [5.74, 6) is -0.379. The van der Waals surface area contributed by atoms with Gasteiger partial charge in [0, 0.05) is 13.0 Å². The monoisotopic (exact) mass is 931 g/mol. The average molecular weight is 931 g/mol. The zero-order valence-corrected chi connectivity index (χ0v) is 40.5. The Morgan fingerprint density at radius 1 is 0.508 bits per heavy atom. The normalized spacial score (nSPS) is 26.7. The number of aliphatic hydroxyl groups excluding tert-OH is 7. The van der Waals surface area contributed by atoms with Gasteiger partial charge in [-0.3, -0.25) is 4.79 Å². The standard InChI is InChI=1S/C51H94O14/c1-3-5-7-9-11-12-13-14-15-16-17-18-19-20-21-22-23-24-25-26-27-28-29-30-32-34-43(53)63-40(37-60-35-33-31-10-8-6-4-2)38-61-50-49(59)47(57)45(55)42(65-50)39-62-51-48(58)46(56)44(54)41(36-52)64-51/h13-14,16-17,40-42,44-52,54-59H,3-12,15,18-39H2,1-2H3/b14-13-,17-16-. The topological polar surface area (TPSA) is 214 Å². The van der Waals surface area contributed by atoms with Gasteiger partial charge in [0.05, 0.1) is 26.4 Å². The lowest BCUT2D eigenvalue weighted by Gasteiger charge is -2.42. The number of allylic oxidation sites excluding steroid dienone is 4. The van der Waals surface area contributed by atoms with Gasteiger partial charge in [-0.1, -0.05) is 167 Å². The Morgan fingerprint density at radius 2 is 0.954 bits per heavy atom. The fourth-order valence-corrected chi connectivity index (χ4v) is 8.20.